The van der Waals surface area contributed by atoms with Gasteiger partial charge in [-0.1, -0.05) is 132 Å². The number of hydrogen-bond donors (Lipinski definition) is 2. The Morgan fingerprint density at radius 3 is 1.19 bits per heavy atom. The third kappa shape index (κ3) is 4.81. The van der Waals surface area contributed by atoms with E-state index < -0.39 is 14.2 Å². The Labute approximate surface area is 220 Å². The van der Waals surface area contributed by atoms with Crippen molar-refractivity contribution in [1.82, 2.24) is 0 Å². The third-order valence-corrected chi connectivity index (χ3v) is 6.61. The van der Waals surface area contributed by atoms with Gasteiger partial charge in [0.05, 0.1) is 10.1 Å². The van der Waals surface area contributed by atoms with E-state index in [1.54, 1.807) is 0 Å². The lowest BCUT2D eigenvalue weighted by molar-refractivity contribution is 0.405. The zero-order valence-corrected chi connectivity index (χ0v) is 20.5. The maximum absolute atomic E-state index is 10.00. The lowest BCUT2D eigenvalue weighted by Gasteiger charge is -2.23. The van der Waals surface area contributed by atoms with Crippen LogP contribution in [-0.2, 0) is 9.31 Å². The van der Waals surface area contributed by atoms with Crippen LogP contribution in [0.5, 0.6) is 0 Å². The fourth-order valence-electron chi connectivity index (χ4n) is 4.09. The second kappa shape index (κ2) is 10.7. The predicted molar refractivity (Wildman–Crippen MR) is 148 cm³/mol. The van der Waals surface area contributed by atoms with Gasteiger partial charge in [0.1, 0.15) is 11.5 Å². The molecule has 0 unspecified atom stereocenters. The normalized spacial score (nSPS) is 14.2. The van der Waals surface area contributed by atoms with E-state index in [2.05, 4.69) is 0 Å². The number of benzene rings is 4. The second-order valence-electron chi connectivity index (χ2n) is 8.13. The van der Waals surface area contributed by atoms with E-state index in [0.29, 0.717) is 32.5 Å². The van der Waals surface area contributed by atoms with Crippen LogP contribution in [0.3, 0.4) is 0 Å². The summed E-state index contributed by atoms with van der Waals surface area (Å²) in [5.41, 5.74) is 4.74. The highest BCUT2D eigenvalue weighted by Gasteiger charge is 2.32. The standard InChI is InChI=1S/2C14H10BClO2/c2*16-13-11-8-4-5-9-12(11)15(17)18-14(13)10-6-2-1-3-7-10/h2*1-9,17H. The average Bonchev–Trinajstić information content (AvgIpc) is 2.94. The Kier molecular flexibility index (Phi) is 7.21. The van der Waals surface area contributed by atoms with E-state index >= 15 is 0 Å². The molecule has 0 saturated heterocycles. The maximum atomic E-state index is 10.00. The largest absolute Gasteiger partial charge is 0.560 e. The maximum Gasteiger partial charge on any atom is 0.560 e. The Bertz CT molecular complexity index is 1330. The summed E-state index contributed by atoms with van der Waals surface area (Å²) >= 11 is 12.7. The van der Waals surface area contributed by atoms with Gasteiger partial charge in [0, 0.05) is 22.1 Å². The SMILES string of the molecule is OB1OC(c2ccccc2)=C(Cl)c2ccccc21.OB1OC(c2ccccc2)=C(Cl)c2ccccc21. The summed E-state index contributed by atoms with van der Waals surface area (Å²) in [6, 6.07) is 33.9. The van der Waals surface area contributed by atoms with Gasteiger partial charge in [-0.3, -0.25) is 0 Å². The molecule has 0 spiro atoms. The molecule has 2 aliphatic heterocycles. The van der Waals surface area contributed by atoms with Gasteiger partial charge in [0.2, 0.25) is 0 Å². The van der Waals surface area contributed by atoms with Crippen molar-refractivity contribution in [2.45, 2.75) is 0 Å². The van der Waals surface area contributed by atoms with E-state index in [0.717, 1.165) is 22.3 Å². The molecule has 2 aliphatic rings. The minimum absolute atomic E-state index is 0.517. The molecule has 6 rings (SSSR count). The van der Waals surface area contributed by atoms with Crippen molar-refractivity contribution in [3.8, 4) is 0 Å². The highest BCUT2D eigenvalue weighted by Crippen LogP contribution is 2.34. The van der Waals surface area contributed by atoms with Crippen LogP contribution < -0.4 is 10.9 Å². The molecule has 0 atom stereocenters. The molecule has 8 heteroatoms. The lowest BCUT2D eigenvalue weighted by atomic mass is 9.74. The molecule has 0 saturated carbocycles. The average molecular weight is 513 g/mol. The molecule has 176 valence electrons. The lowest BCUT2D eigenvalue weighted by Crippen LogP contribution is -2.38. The number of rotatable bonds is 2. The number of hydrogen-bond acceptors (Lipinski definition) is 4. The van der Waals surface area contributed by atoms with Crippen LogP contribution in [0, 0.1) is 0 Å². The van der Waals surface area contributed by atoms with E-state index in [-0.39, 0.29) is 0 Å². The summed E-state index contributed by atoms with van der Waals surface area (Å²) in [5.74, 6) is 1.03. The zero-order valence-electron chi connectivity index (χ0n) is 19.0. The van der Waals surface area contributed by atoms with Gasteiger partial charge in [-0.05, 0) is 11.1 Å². The molecule has 0 amide bonds. The van der Waals surface area contributed by atoms with Gasteiger partial charge in [-0.2, -0.15) is 0 Å². The van der Waals surface area contributed by atoms with Crippen LogP contribution in [0.2, 0.25) is 0 Å². The van der Waals surface area contributed by atoms with E-state index in [9.17, 15) is 10.0 Å². The first kappa shape index (κ1) is 24.3. The second-order valence-corrected chi connectivity index (χ2v) is 8.89. The molecule has 4 aromatic carbocycles. The highest BCUT2D eigenvalue weighted by molar-refractivity contribution is 6.68. The number of fused-ring (bicyclic) bond motifs is 2. The first-order valence-electron chi connectivity index (χ1n) is 11.3. The molecule has 0 fully saturated rings. The minimum Gasteiger partial charge on any atom is -0.531 e. The summed E-state index contributed by atoms with van der Waals surface area (Å²) < 4.78 is 11.0. The van der Waals surface area contributed by atoms with E-state index in [4.69, 9.17) is 32.5 Å². The van der Waals surface area contributed by atoms with Crippen molar-refractivity contribution >= 4 is 69.9 Å². The fraction of sp³-hybridized carbons (Fsp3) is 0. The van der Waals surface area contributed by atoms with Crippen LogP contribution in [0.4, 0.5) is 0 Å². The smallest absolute Gasteiger partial charge is 0.531 e. The van der Waals surface area contributed by atoms with E-state index in [1.165, 1.54) is 0 Å². The fourth-order valence-corrected chi connectivity index (χ4v) is 4.74. The van der Waals surface area contributed by atoms with Gasteiger partial charge in [-0.15, -0.1) is 0 Å². The van der Waals surface area contributed by atoms with Crippen molar-refractivity contribution in [3.63, 3.8) is 0 Å². The van der Waals surface area contributed by atoms with Gasteiger partial charge < -0.3 is 19.4 Å². The Morgan fingerprint density at radius 1 is 0.472 bits per heavy atom. The monoisotopic (exact) mass is 512 g/mol. The quantitative estimate of drug-likeness (QED) is 0.374. The molecular formula is C28H20B2Cl2O4. The molecule has 2 heterocycles. The summed E-state index contributed by atoms with van der Waals surface area (Å²) in [6.07, 6.45) is 0. The molecule has 2 N–H and O–H groups in total. The molecule has 0 bridgehead atoms. The van der Waals surface area contributed by atoms with E-state index in [1.807, 2.05) is 109 Å². The summed E-state index contributed by atoms with van der Waals surface area (Å²) in [5, 5.41) is 21.1. The van der Waals surface area contributed by atoms with Crippen LogP contribution in [-0.4, -0.2) is 24.3 Å². The first-order chi connectivity index (χ1) is 17.5. The van der Waals surface area contributed by atoms with Crippen LogP contribution in [0.1, 0.15) is 22.3 Å². The molecular weight excluding hydrogens is 493 g/mol. The van der Waals surface area contributed by atoms with Gasteiger partial charge in [-0.25, -0.2) is 0 Å². The zero-order chi connectivity index (χ0) is 25.1. The predicted octanol–water partition coefficient (Wildman–Crippen LogP) is 4.94. The molecule has 36 heavy (non-hydrogen) atoms. The molecule has 0 aromatic heterocycles. The van der Waals surface area contributed by atoms with Gasteiger partial charge >= 0.3 is 14.2 Å². The Balaban J connectivity index is 0.000000148. The van der Waals surface area contributed by atoms with Crippen molar-refractivity contribution < 1.29 is 19.4 Å². The molecule has 4 nitrogen and oxygen atoms in total. The summed E-state index contributed by atoms with van der Waals surface area (Å²) in [4.78, 5) is 0. The van der Waals surface area contributed by atoms with Crippen molar-refractivity contribution in [1.29, 1.82) is 0 Å². The molecule has 0 radical (unpaired) electrons. The highest BCUT2D eigenvalue weighted by atomic mass is 35.5. The Hall–Kier alpha value is -3.41. The minimum atomic E-state index is -0.973. The topological polar surface area (TPSA) is 58.9 Å². The molecule has 0 aliphatic carbocycles. The first-order valence-corrected chi connectivity index (χ1v) is 12.1. The summed E-state index contributed by atoms with van der Waals surface area (Å²) in [6.45, 7) is 0. The molecule has 4 aromatic rings. The Morgan fingerprint density at radius 2 is 0.806 bits per heavy atom. The summed E-state index contributed by atoms with van der Waals surface area (Å²) in [7, 11) is -1.95. The van der Waals surface area contributed by atoms with Crippen molar-refractivity contribution in [3.05, 3.63) is 131 Å². The van der Waals surface area contributed by atoms with Crippen molar-refractivity contribution in [2.24, 2.45) is 0 Å². The van der Waals surface area contributed by atoms with Crippen LogP contribution in [0.25, 0.3) is 21.6 Å². The van der Waals surface area contributed by atoms with Crippen molar-refractivity contribution in [2.75, 3.05) is 0 Å². The van der Waals surface area contributed by atoms with Crippen LogP contribution >= 0.6 is 23.2 Å². The number of halogens is 2. The van der Waals surface area contributed by atoms with Crippen LogP contribution in [0.15, 0.2) is 109 Å². The third-order valence-electron chi connectivity index (χ3n) is 5.86. The van der Waals surface area contributed by atoms with Gasteiger partial charge in [0.25, 0.3) is 0 Å². The van der Waals surface area contributed by atoms with Gasteiger partial charge in [0.15, 0.2) is 0 Å².